The van der Waals surface area contributed by atoms with E-state index in [4.69, 9.17) is 5.21 Å². The third-order valence-electron chi connectivity index (χ3n) is 5.67. The molecule has 3 aromatic rings. The molecule has 0 aliphatic heterocycles. The van der Waals surface area contributed by atoms with Crippen molar-refractivity contribution in [1.82, 2.24) is 16.1 Å². The lowest BCUT2D eigenvalue weighted by atomic mass is 10.1. The molecule has 0 spiro atoms. The minimum absolute atomic E-state index is 0.125. The normalized spacial score (nSPS) is 11.5. The molecule has 0 aliphatic carbocycles. The Bertz CT molecular complexity index is 1410. The summed E-state index contributed by atoms with van der Waals surface area (Å²) in [5, 5.41) is 26.7. The summed E-state index contributed by atoms with van der Waals surface area (Å²) in [6, 6.07) is 22.2. The highest BCUT2D eigenvalue weighted by molar-refractivity contribution is 5.97. The highest BCUT2D eigenvalue weighted by Gasteiger charge is 2.25. The monoisotopic (exact) mass is 538 g/mol. The van der Waals surface area contributed by atoms with Gasteiger partial charge < -0.3 is 21.1 Å². The SMILES string of the molecule is CC(O)C(NC(=O)c1ccc(C#CC#Cc2ccc(NC(=O)CNCCc3ccccc3)cc2)cc1)C(=O)NO. The minimum Gasteiger partial charge on any atom is -0.391 e. The van der Waals surface area contributed by atoms with E-state index in [-0.39, 0.29) is 18.0 Å². The van der Waals surface area contributed by atoms with Crippen LogP contribution in [0, 0.1) is 23.7 Å². The van der Waals surface area contributed by atoms with Gasteiger partial charge in [0.05, 0.1) is 12.6 Å². The van der Waals surface area contributed by atoms with Crippen molar-refractivity contribution in [3.63, 3.8) is 0 Å². The Labute approximate surface area is 233 Å². The first kappa shape index (κ1) is 29.6. The number of benzene rings is 3. The summed E-state index contributed by atoms with van der Waals surface area (Å²) in [6.07, 6.45) is -0.349. The van der Waals surface area contributed by atoms with E-state index >= 15 is 0 Å². The molecule has 40 heavy (non-hydrogen) atoms. The smallest absolute Gasteiger partial charge is 0.268 e. The van der Waals surface area contributed by atoms with Gasteiger partial charge in [0.2, 0.25) is 5.91 Å². The van der Waals surface area contributed by atoms with E-state index < -0.39 is 24.0 Å². The Kier molecular flexibility index (Phi) is 11.5. The summed E-state index contributed by atoms with van der Waals surface area (Å²) in [5.74, 6) is 9.70. The molecular formula is C31H30N4O5. The van der Waals surface area contributed by atoms with Crippen molar-refractivity contribution in [3.8, 4) is 23.7 Å². The molecule has 0 aromatic heterocycles. The van der Waals surface area contributed by atoms with Crippen LogP contribution in [0.2, 0.25) is 0 Å². The Morgan fingerprint density at radius 2 is 1.45 bits per heavy atom. The number of carbonyl (C=O) groups is 3. The number of aliphatic hydroxyl groups is 1. The molecule has 3 rings (SSSR count). The van der Waals surface area contributed by atoms with Gasteiger partial charge in [-0.15, -0.1) is 0 Å². The van der Waals surface area contributed by atoms with E-state index in [1.807, 2.05) is 18.2 Å². The summed E-state index contributed by atoms with van der Waals surface area (Å²) in [7, 11) is 0. The molecule has 9 heteroatoms. The van der Waals surface area contributed by atoms with Gasteiger partial charge in [0.15, 0.2) is 0 Å². The molecule has 0 heterocycles. The summed E-state index contributed by atoms with van der Waals surface area (Å²) < 4.78 is 0. The summed E-state index contributed by atoms with van der Waals surface area (Å²) >= 11 is 0. The molecule has 0 saturated heterocycles. The molecule has 2 unspecified atom stereocenters. The van der Waals surface area contributed by atoms with Crippen LogP contribution >= 0.6 is 0 Å². The van der Waals surface area contributed by atoms with Crippen LogP contribution in [-0.2, 0) is 16.0 Å². The van der Waals surface area contributed by atoms with E-state index in [0.717, 1.165) is 12.0 Å². The molecule has 0 bridgehead atoms. The average Bonchev–Trinajstić information content (AvgIpc) is 2.97. The fourth-order valence-electron chi connectivity index (χ4n) is 3.53. The van der Waals surface area contributed by atoms with Crippen molar-refractivity contribution in [2.75, 3.05) is 18.4 Å². The number of hydrogen-bond acceptors (Lipinski definition) is 6. The van der Waals surface area contributed by atoms with Gasteiger partial charge in [0.25, 0.3) is 11.8 Å². The van der Waals surface area contributed by atoms with Crippen molar-refractivity contribution in [3.05, 3.63) is 101 Å². The van der Waals surface area contributed by atoms with Crippen molar-refractivity contribution in [2.24, 2.45) is 0 Å². The molecule has 0 saturated carbocycles. The second-order valence-electron chi connectivity index (χ2n) is 8.78. The van der Waals surface area contributed by atoms with E-state index in [1.165, 1.54) is 30.1 Å². The molecule has 3 amide bonds. The second-order valence-corrected chi connectivity index (χ2v) is 8.78. The van der Waals surface area contributed by atoms with Crippen LogP contribution in [-0.4, -0.2) is 53.3 Å². The van der Waals surface area contributed by atoms with Gasteiger partial charge in [0, 0.05) is 22.4 Å². The van der Waals surface area contributed by atoms with Gasteiger partial charge in [-0.05, 0) is 85.8 Å². The van der Waals surface area contributed by atoms with E-state index in [9.17, 15) is 19.5 Å². The maximum absolute atomic E-state index is 12.3. The number of aliphatic hydroxyl groups excluding tert-OH is 1. The molecular weight excluding hydrogens is 508 g/mol. The van der Waals surface area contributed by atoms with Crippen molar-refractivity contribution in [2.45, 2.75) is 25.5 Å². The number of hydroxylamine groups is 1. The van der Waals surface area contributed by atoms with Crippen molar-refractivity contribution >= 4 is 23.4 Å². The molecule has 9 nitrogen and oxygen atoms in total. The van der Waals surface area contributed by atoms with Gasteiger partial charge in [-0.1, -0.05) is 42.2 Å². The zero-order chi connectivity index (χ0) is 28.7. The van der Waals surface area contributed by atoms with Gasteiger partial charge in [-0.2, -0.15) is 0 Å². The number of amides is 3. The first-order chi connectivity index (χ1) is 19.4. The van der Waals surface area contributed by atoms with Crippen LogP contribution in [0.1, 0.15) is 34.0 Å². The van der Waals surface area contributed by atoms with Crippen LogP contribution in [0.25, 0.3) is 0 Å². The van der Waals surface area contributed by atoms with Crippen molar-refractivity contribution < 1.29 is 24.7 Å². The largest absolute Gasteiger partial charge is 0.391 e. The van der Waals surface area contributed by atoms with Crippen LogP contribution in [0.5, 0.6) is 0 Å². The third-order valence-corrected chi connectivity index (χ3v) is 5.67. The number of rotatable bonds is 10. The lowest BCUT2D eigenvalue weighted by Crippen LogP contribution is -2.51. The van der Waals surface area contributed by atoms with Crippen LogP contribution in [0.15, 0.2) is 78.9 Å². The maximum Gasteiger partial charge on any atom is 0.268 e. The quantitative estimate of drug-likeness (QED) is 0.101. The molecule has 0 aliphatic rings. The molecule has 0 fully saturated rings. The summed E-state index contributed by atoms with van der Waals surface area (Å²) in [5.41, 5.74) is 4.92. The number of anilines is 1. The number of nitrogens with one attached hydrogen (secondary N) is 4. The average molecular weight is 539 g/mol. The Morgan fingerprint density at radius 1 is 0.850 bits per heavy atom. The molecule has 3 aromatic carbocycles. The maximum atomic E-state index is 12.3. The fourth-order valence-corrected chi connectivity index (χ4v) is 3.53. The molecule has 2 atom stereocenters. The molecule has 204 valence electrons. The zero-order valence-electron chi connectivity index (χ0n) is 21.9. The van der Waals surface area contributed by atoms with E-state index in [2.05, 4.69) is 51.8 Å². The zero-order valence-corrected chi connectivity index (χ0v) is 21.9. The Balaban J connectivity index is 1.45. The number of carbonyl (C=O) groups excluding carboxylic acids is 3. The van der Waals surface area contributed by atoms with Gasteiger partial charge in [0.1, 0.15) is 6.04 Å². The second kappa shape index (κ2) is 15.5. The minimum atomic E-state index is -1.30. The highest BCUT2D eigenvalue weighted by atomic mass is 16.5. The number of hydrogen-bond donors (Lipinski definition) is 6. The van der Waals surface area contributed by atoms with Crippen LogP contribution in [0.3, 0.4) is 0 Å². The standard InChI is InChI=1S/C31H30N4O5/c1-22(36)29(31(39)35-40)34-30(38)26-15-11-24(12-16-26)9-5-6-10-25-13-17-27(18-14-25)33-28(37)21-32-20-19-23-7-3-2-4-8-23/h2-4,7-8,11-18,22,29,32,36,40H,19-21H2,1H3,(H,33,37)(H,34,38)(H,35,39). The van der Waals surface area contributed by atoms with Gasteiger partial charge in [-0.3, -0.25) is 19.6 Å². The van der Waals surface area contributed by atoms with E-state index in [1.54, 1.807) is 36.4 Å². The first-order valence-corrected chi connectivity index (χ1v) is 12.5. The highest BCUT2D eigenvalue weighted by Crippen LogP contribution is 2.09. The fraction of sp³-hybridized carbons (Fsp3) is 0.194. The van der Waals surface area contributed by atoms with Crippen LogP contribution < -0.4 is 21.4 Å². The predicted octanol–water partition coefficient (Wildman–Crippen LogP) is 1.85. The van der Waals surface area contributed by atoms with E-state index in [0.29, 0.717) is 17.8 Å². The predicted molar refractivity (Wildman–Crippen MR) is 151 cm³/mol. The van der Waals surface area contributed by atoms with Crippen molar-refractivity contribution in [1.29, 1.82) is 0 Å². The summed E-state index contributed by atoms with van der Waals surface area (Å²) in [6.45, 7) is 2.25. The molecule has 6 N–H and O–H groups in total. The van der Waals surface area contributed by atoms with Gasteiger partial charge >= 0.3 is 0 Å². The van der Waals surface area contributed by atoms with Crippen LogP contribution in [0.4, 0.5) is 5.69 Å². The lowest BCUT2D eigenvalue weighted by molar-refractivity contribution is -0.133. The Hall–Kier alpha value is -4.93. The Morgan fingerprint density at radius 3 is 2.02 bits per heavy atom. The topological polar surface area (TPSA) is 140 Å². The summed E-state index contributed by atoms with van der Waals surface area (Å²) in [4.78, 5) is 36.1. The molecule has 0 radical (unpaired) electrons. The lowest BCUT2D eigenvalue weighted by Gasteiger charge is -2.19. The first-order valence-electron chi connectivity index (χ1n) is 12.5. The third kappa shape index (κ3) is 9.75. The van der Waals surface area contributed by atoms with Gasteiger partial charge in [-0.25, -0.2) is 5.48 Å².